The Hall–Kier alpha value is -2.84. The van der Waals surface area contributed by atoms with Crippen LogP contribution >= 0.6 is 11.3 Å². The van der Waals surface area contributed by atoms with Crippen LogP contribution in [0.25, 0.3) is 5.76 Å². The van der Waals surface area contributed by atoms with E-state index in [1.807, 2.05) is 18.4 Å². The molecule has 2 unspecified atom stereocenters. The second-order valence-corrected chi connectivity index (χ2v) is 8.57. The van der Waals surface area contributed by atoms with Crippen LogP contribution in [0.2, 0.25) is 0 Å². The van der Waals surface area contributed by atoms with Crippen LogP contribution in [0.1, 0.15) is 34.9 Å². The summed E-state index contributed by atoms with van der Waals surface area (Å²) in [6.45, 7) is 2.91. The summed E-state index contributed by atoms with van der Waals surface area (Å²) in [5, 5.41) is 13.1. The highest BCUT2D eigenvalue weighted by Gasteiger charge is 2.48. The highest BCUT2D eigenvalue weighted by Crippen LogP contribution is 2.43. The number of aliphatic hydroxyl groups excluding tert-OH is 1. The van der Waals surface area contributed by atoms with Crippen LogP contribution in [0.15, 0.2) is 35.2 Å². The van der Waals surface area contributed by atoms with Gasteiger partial charge in [0.1, 0.15) is 5.76 Å². The summed E-state index contributed by atoms with van der Waals surface area (Å²) in [4.78, 5) is 28.5. The first-order valence-corrected chi connectivity index (χ1v) is 11.0. The van der Waals surface area contributed by atoms with Crippen molar-refractivity contribution in [2.45, 2.75) is 31.9 Å². The quantitative estimate of drug-likeness (QED) is 0.417. The molecule has 4 rings (SSSR count). The predicted molar refractivity (Wildman–Crippen MR) is 117 cm³/mol. The van der Waals surface area contributed by atoms with Crippen molar-refractivity contribution >= 4 is 28.8 Å². The maximum absolute atomic E-state index is 13.1. The van der Waals surface area contributed by atoms with Gasteiger partial charge in [0, 0.05) is 23.6 Å². The predicted octanol–water partition coefficient (Wildman–Crippen LogP) is 3.67. The number of carbonyl (C=O) groups excluding carboxylic acids is 2. The lowest BCUT2D eigenvalue weighted by Crippen LogP contribution is -2.36. The lowest BCUT2D eigenvalue weighted by Gasteiger charge is -2.27. The van der Waals surface area contributed by atoms with Crippen molar-refractivity contribution in [3.63, 3.8) is 0 Å². The van der Waals surface area contributed by atoms with E-state index in [-0.39, 0.29) is 17.4 Å². The summed E-state index contributed by atoms with van der Waals surface area (Å²) >= 11 is 1.47. The van der Waals surface area contributed by atoms with Gasteiger partial charge in [0.15, 0.2) is 11.5 Å². The molecule has 2 saturated heterocycles. The first kappa shape index (κ1) is 21.4. The average molecular weight is 444 g/mol. The fourth-order valence-corrected chi connectivity index (χ4v) is 5.20. The molecule has 2 atom stereocenters. The highest BCUT2D eigenvalue weighted by atomic mass is 32.1. The molecule has 1 N–H and O–H groups in total. The number of Topliss-reactive ketones (excluding diaryl/α,β-unsaturated/α-hetero) is 1. The number of amides is 1. The van der Waals surface area contributed by atoms with Crippen LogP contribution in [0.3, 0.4) is 0 Å². The molecule has 1 amide bonds. The number of ether oxygens (including phenoxy) is 3. The molecule has 164 valence electrons. The molecule has 0 saturated carbocycles. The Kier molecular flexibility index (Phi) is 6.02. The molecule has 1 aromatic carbocycles. The maximum atomic E-state index is 13.1. The van der Waals surface area contributed by atoms with E-state index in [0.717, 1.165) is 23.3 Å². The van der Waals surface area contributed by atoms with Crippen LogP contribution in [-0.2, 0) is 14.3 Å². The molecule has 31 heavy (non-hydrogen) atoms. The number of rotatable bonds is 6. The monoisotopic (exact) mass is 443 g/mol. The molecule has 7 nitrogen and oxygen atoms in total. The molecule has 0 spiro atoms. The summed E-state index contributed by atoms with van der Waals surface area (Å²) in [6.07, 6.45) is 1.67. The minimum atomic E-state index is -0.692. The van der Waals surface area contributed by atoms with E-state index in [0.29, 0.717) is 30.2 Å². The van der Waals surface area contributed by atoms with Crippen molar-refractivity contribution in [3.8, 4) is 11.5 Å². The first-order valence-electron chi connectivity index (χ1n) is 10.1. The van der Waals surface area contributed by atoms with Crippen LogP contribution in [-0.4, -0.2) is 55.2 Å². The molecule has 2 aliphatic rings. The summed E-state index contributed by atoms with van der Waals surface area (Å²) in [5.41, 5.74) is 1.43. The van der Waals surface area contributed by atoms with Crippen LogP contribution < -0.4 is 9.47 Å². The van der Waals surface area contributed by atoms with Crippen molar-refractivity contribution in [2.75, 3.05) is 27.4 Å². The van der Waals surface area contributed by atoms with Gasteiger partial charge in [-0.25, -0.2) is 0 Å². The van der Waals surface area contributed by atoms with E-state index in [1.54, 1.807) is 23.1 Å². The van der Waals surface area contributed by atoms with Gasteiger partial charge in [0.25, 0.3) is 11.7 Å². The van der Waals surface area contributed by atoms with E-state index in [1.165, 1.54) is 25.6 Å². The zero-order chi connectivity index (χ0) is 22.1. The largest absolute Gasteiger partial charge is 0.507 e. The van der Waals surface area contributed by atoms with E-state index < -0.39 is 17.7 Å². The number of benzene rings is 1. The Morgan fingerprint density at radius 1 is 1.23 bits per heavy atom. The summed E-state index contributed by atoms with van der Waals surface area (Å²) in [5.74, 6) is -0.613. The van der Waals surface area contributed by atoms with Gasteiger partial charge in [-0.2, -0.15) is 0 Å². The zero-order valence-corrected chi connectivity index (χ0v) is 18.5. The van der Waals surface area contributed by atoms with Gasteiger partial charge in [-0.1, -0.05) is 0 Å². The number of likely N-dealkylation sites (tertiary alicyclic amines) is 1. The molecule has 2 aliphatic heterocycles. The second kappa shape index (κ2) is 8.72. The minimum Gasteiger partial charge on any atom is -0.507 e. The normalized spacial score (nSPS) is 22.9. The molecule has 1 aromatic heterocycles. The molecule has 2 aromatic rings. The molecule has 2 fully saturated rings. The number of nitrogens with zero attached hydrogens (tertiary/aromatic N) is 1. The van der Waals surface area contributed by atoms with Gasteiger partial charge >= 0.3 is 0 Å². The fraction of sp³-hybridized carbons (Fsp3) is 0.391. The Morgan fingerprint density at radius 2 is 2.00 bits per heavy atom. The highest BCUT2D eigenvalue weighted by molar-refractivity contribution is 7.10. The van der Waals surface area contributed by atoms with Crippen molar-refractivity contribution in [1.82, 2.24) is 4.90 Å². The van der Waals surface area contributed by atoms with Gasteiger partial charge in [-0.3, -0.25) is 9.59 Å². The minimum absolute atomic E-state index is 0.0840. The summed E-state index contributed by atoms with van der Waals surface area (Å²) in [6, 6.07) is 6.18. The molecule has 8 heteroatoms. The van der Waals surface area contributed by atoms with Crippen molar-refractivity contribution in [2.24, 2.45) is 0 Å². The lowest BCUT2D eigenvalue weighted by atomic mass is 9.98. The molecule has 0 bridgehead atoms. The average Bonchev–Trinajstić information content (AvgIpc) is 3.50. The van der Waals surface area contributed by atoms with Crippen molar-refractivity contribution in [3.05, 3.63) is 51.2 Å². The Bertz CT molecular complexity index is 1040. The smallest absolute Gasteiger partial charge is 0.295 e. The number of ketones is 1. The molecular formula is C23H25NO6S. The van der Waals surface area contributed by atoms with Gasteiger partial charge < -0.3 is 24.2 Å². The van der Waals surface area contributed by atoms with Crippen LogP contribution in [0, 0.1) is 6.92 Å². The third-order valence-electron chi connectivity index (χ3n) is 5.77. The number of hydrogen-bond acceptors (Lipinski definition) is 7. The maximum Gasteiger partial charge on any atom is 0.295 e. The number of hydrogen-bond donors (Lipinski definition) is 1. The Labute approximate surface area is 184 Å². The van der Waals surface area contributed by atoms with Gasteiger partial charge in [-0.05, 0) is 55.0 Å². The standard InChI is InChI=1S/C23H25NO6S/c1-13-8-10-31-22(13)19-18(20(25)14-6-7-16(28-2)17(11-14)29-3)21(26)23(27)24(19)12-15-5-4-9-30-15/h6-8,10-11,15,19,25H,4-5,9,12H2,1-3H3/b20-18-. The number of methoxy groups -OCH3 is 2. The third-order valence-corrected chi connectivity index (χ3v) is 6.84. The molecule has 0 radical (unpaired) electrons. The second-order valence-electron chi connectivity index (χ2n) is 7.62. The Balaban J connectivity index is 1.83. The number of thiophene rings is 1. The van der Waals surface area contributed by atoms with Gasteiger partial charge in [0.05, 0.1) is 31.9 Å². The van der Waals surface area contributed by atoms with E-state index >= 15 is 0 Å². The van der Waals surface area contributed by atoms with E-state index in [4.69, 9.17) is 14.2 Å². The number of aryl methyl sites for hydroxylation is 1. The topological polar surface area (TPSA) is 85.3 Å². The van der Waals surface area contributed by atoms with Gasteiger partial charge in [-0.15, -0.1) is 11.3 Å². The Morgan fingerprint density at radius 3 is 2.61 bits per heavy atom. The zero-order valence-electron chi connectivity index (χ0n) is 17.7. The van der Waals surface area contributed by atoms with Gasteiger partial charge in [0.2, 0.25) is 0 Å². The van der Waals surface area contributed by atoms with Crippen LogP contribution in [0.5, 0.6) is 11.5 Å². The molecule has 3 heterocycles. The number of aliphatic hydroxyl groups is 1. The van der Waals surface area contributed by atoms with Crippen LogP contribution in [0.4, 0.5) is 0 Å². The fourth-order valence-electron chi connectivity index (χ4n) is 4.15. The third kappa shape index (κ3) is 3.81. The van der Waals surface area contributed by atoms with Crippen molar-refractivity contribution in [1.29, 1.82) is 0 Å². The SMILES string of the molecule is COc1ccc(/C(O)=C2/C(=O)C(=O)N(CC3CCCO3)C2c2sccc2C)cc1OC. The number of carbonyl (C=O) groups is 2. The summed E-state index contributed by atoms with van der Waals surface area (Å²) < 4.78 is 16.3. The van der Waals surface area contributed by atoms with Crippen molar-refractivity contribution < 1.29 is 28.9 Å². The summed E-state index contributed by atoms with van der Waals surface area (Å²) in [7, 11) is 3.02. The van der Waals surface area contributed by atoms with E-state index in [2.05, 4.69) is 0 Å². The first-order chi connectivity index (χ1) is 15.0. The lowest BCUT2D eigenvalue weighted by molar-refractivity contribution is -0.140. The molecular weight excluding hydrogens is 418 g/mol. The molecule has 0 aliphatic carbocycles. The van der Waals surface area contributed by atoms with E-state index in [9.17, 15) is 14.7 Å².